The first-order valence-electron chi connectivity index (χ1n) is 4.49. The van der Waals surface area contributed by atoms with Crippen LogP contribution in [0.1, 0.15) is 0 Å². The number of aromatic amines is 1. The van der Waals surface area contributed by atoms with Crippen molar-refractivity contribution in [2.24, 2.45) is 0 Å². The number of H-pyrrole nitrogens is 1. The summed E-state index contributed by atoms with van der Waals surface area (Å²) in [6.45, 7) is 0. The topological polar surface area (TPSA) is 49.2 Å². The molecule has 2 N–H and O–H groups in total. The van der Waals surface area contributed by atoms with Crippen molar-refractivity contribution in [3.8, 4) is 5.75 Å². The zero-order chi connectivity index (χ0) is 10.4. The third-order valence-electron chi connectivity index (χ3n) is 2.40. The molecular weight excluding hydrogens is 210 g/mol. The lowest BCUT2D eigenvalue weighted by atomic mass is 10.1. The van der Waals surface area contributed by atoms with E-state index in [9.17, 15) is 5.11 Å². The maximum absolute atomic E-state index is 9.78. The van der Waals surface area contributed by atoms with Crippen molar-refractivity contribution in [1.82, 2.24) is 4.98 Å². The molecular formula is C11H7NO2S. The van der Waals surface area contributed by atoms with Crippen molar-refractivity contribution in [2.45, 2.75) is 0 Å². The highest BCUT2D eigenvalue weighted by molar-refractivity contribution is 7.71. The number of aromatic hydroxyl groups is 1. The zero-order valence-electron chi connectivity index (χ0n) is 7.65. The van der Waals surface area contributed by atoms with Gasteiger partial charge in [0.05, 0.1) is 5.52 Å². The van der Waals surface area contributed by atoms with Crippen molar-refractivity contribution in [3.63, 3.8) is 0 Å². The Morgan fingerprint density at radius 3 is 2.73 bits per heavy atom. The monoisotopic (exact) mass is 217 g/mol. The molecule has 1 heterocycles. The third kappa shape index (κ3) is 1.15. The molecule has 74 valence electrons. The molecule has 0 aliphatic rings. The fraction of sp³-hybridized carbons (Fsp3) is 0. The highest BCUT2D eigenvalue weighted by Crippen LogP contribution is 2.31. The van der Waals surface area contributed by atoms with Crippen LogP contribution in [0.4, 0.5) is 0 Å². The largest absolute Gasteiger partial charge is 0.507 e. The minimum absolute atomic E-state index is 0.227. The van der Waals surface area contributed by atoms with Gasteiger partial charge in [-0.15, -0.1) is 0 Å². The number of rotatable bonds is 0. The van der Waals surface area contributed by atoms with Crippen LogP contribution in [0.5, 0.6) is 5.75 Å². The lowest BCUT2D eigenvalue weighted by molar-refractivity contribution is 0.482. The molecule has 15 heavy (non-hydrogen) atoms. The lowest BCUT2D eigenvalue weighted by Gasteiger charge is -2.00. The van der Waals surface area contributed by atoms with Crippen LogP contribution in [0.2, 0.25) is 0 Å². The van der Waals surface area contributed by atoms with E-state index < -0.39 is 0 Å². The van der Waals surface area contributed by atoms with E-state index in [1.165, 1.54) is 0 Å². The summed E-state index contributed by atoms with van der Waals surface area (Å²) in [6.07, 6.45) is 0. The summed E-state index contributed by atoms with van der Waals surface area (Å²) in [7, 11) is 0. The SMILES string of the molecule is Oc1cc2[nH]c(=S)oc2c2ccccc12. The van der Waals surface area contributed by atoms with Gasteiger partial charge in [-0.1, -0.05) is 24.3 Å². The van der Waals surface area contributed by atoms with Crippen molar-refractivity contribution >= 4 is 34.1 Å². The predicted molar refractivity (Wildman–Crippen MR) is 60.6 cm³/mol. The van der Waals surface area contributed by atoms with Gasteiger partial charge in [-0.2, -0.15) is 0 Å². The number of benzene rings is 2. The molecule has 0 unspecified atom stereocenters. The summed E-state index contributed by atoms with van der Waals surface area (Å²) >= 11 is 4.92. The van der Waals surface area contributed by atoms with E-state index in [2.05, 4.69) is 4.98 Å². The Bertz CT molecular complexity index is 711. The Labute approximate surface area is 90.0 Å². The maximum Gasteiger partial charge on any atom is 0.266 e. The molecule has 3 nitrogen and oxygen atoms in total. The predicted octanol–water partition coefficient (Wildman–Crippen LogP) is 3.35. The van der Waals surface area contributed by atoms with Crippen molar-refractivity contribution in [1.29, 1.82) is 0 Å². The Morgan fingerprint density at radius 2 is 1.93 bits per heavy atom. The van der Waals surface area contributed by atoms with E-state index in [1.54, 1.807) is 6.07 Å². The summed E-state index contributed by atoms with van der Waals surface area (Å²) in [4.78, 5) is 3.20. The van der Waals surface area contributed by atoms with E-state index in [4.69, 9.17) is 16.6 Å². The van der Waals surface area contributed by atoms with Gasteiger partial charge in [0.1, 0.15) is 5.75 Å². The van der Waals surface area contributed by atoms with E-state index in [0.29, 0.717) is 10.4 Å². The molecule has 0 atom stereocenters. The van der Waals surface area contributed by atoms with E-state index >= 15 is 0 Å². The normalized spacial score (nSPS) is 11.2. The van der Waals surface area contributed by atoms with Gasteiger partial charge in [0.2, 0.25) is 0 Å². The maximum atomic E-state index is 9.78. The molecule has 0 spiro atoms. The number of hydrogen-bond donors (Lipinski definition) is 2. The van der Waals surface area contributed by atoms with Crippen LogP contribution in [0.3, 0.4) is 0 Å². The number of phenolic OH excluding ortho intramolecular Hbond substituents is 1. The first-order chi connectivity index (χ1) is 7.25. The Balaban J connectivity index is 2.68. The Kier molecular flexibility index (Phi) is 1.61. The third-order valence-corrected chi connectivity index (χ3v) is 2.59. The molecule has 0 aliphatic heterocycles. The Morgan fingerprint density at radius 1 is 1.20 bits per heavy atom. The van der Waals surface area contributed by atoms with E-state index in [0.717, 1.165) is 16.3 Å². The van der Waals surface area contributed by atoms with Crippen LogP contribution >= 0.6 is 12.2 Å². The van der Waals surface area contributed by atoms with Gasteiger partial charge in [-0.25, -0.2) is 0 Å². The molecule has 0 saturated heterocycles. The summed E-state index contributed by atoms with van der Waals surface area (Å²) < 4.78 is 5.38. The van der Waals surface area contributed by atoms with Crippen LogP contribution in [-0.4, -0.2) is 10.1 Å². The number of fused-ring (bicyclic) bond motifs is 3. The van der Waals surface area contributed by atoms with Crippen molar-refractivity contribution in [2.75, 3.05) is 0 Å². The fourth-order valence-electron chi connectivity index (χ4n) is 1.76. The van der Waals surface area contributed by atoms with Crippen molar-refractivity contribution < 1.29 is 9.52 Å². The second-order valence-electron chi connectivity index (χ2n) is 3.33. The van der Waals surface area contributed by atoms with Crippen LogP contribution in [-0.2, 0) is 0 Å². The molecule has 0 aliphatic carbocycles. The smallest absolute Gasteiger partial charge is 0.266 e. The first kappa shape index (κ1) is 8.49. The van der Waals surface area contributed by atoms with Crippen LogP contribution < -0.4 is 0 Å². The van der Waals surface area contributed by atoms with Gasteiger partial charge in [-0.3, -0.25) is 0 Å². The number of hydrogen-bond acceptors (Lipinski definition) is 3. The van der Waals surface area contributed by atoms with Gasteiger partial charge in [0.25, 0.3) is 4.84 Å². The van der Waals surface area contributed by atoms with Crippen LogP contribution in [0, 0.1) is 4.84 Å². The number of oxazole rings is 1. The van der Waals surface area contributed by atoms with E-state index in [1.807, 2.05) is 24.3 Å². The molecule has 0 fully saturated rings. The molecule has 0 amide bonds. The highest BCUT2D eigenvalue weighted by Gasteiger charge is 2.08. The summed E-state index contributed by atoms with van der Waals surface area (Å²) in [5, 5.41) is 11.4. The molecule has 1 aromatic heterocycles. The summed E-state index contributed by atoms with van der Waals surface area (Å²) in [5.74, 6) is 0.227. The zero-order valence-corrected chi connectivity index (χ0v) is 8.47. The molecule has 0 bridgehead atoms. The van der Waals surface area contributed by atoms with Gasteiger partial charge in [0.15, 0.2) is 5.58 Å². The van der Waals surface area contributed by atoms with Crippen LogP contribution in [0.15, 0.2) is 34.7 Å². The standard InChI is InChI=1S/C11H7NO2S/c13-9-5-8-10(14-11(15)12-8)7-4-2-1-3-6(7)9/h1-5,13H,(H,12,15). The van der Waals surface area contributed by atoms with E-state index in [-0.39, 0.29) is 5.75 Å². The molecule has 3 aromatic rings. The lowest BCUT2D eigenvalue weighted by Crippen LogP contribution is -1.75. The summed E-state index contributed by atoms with van der Waals surface area (Å²) in [6, 6.07) is 9.12. The van der Waals surface area contributed by atoms with Crippen molar-refractivity contribution in [3.05, 3.63) is 35.2 Å². The van der Waals surface area contributed by atoms with Gasteiger partial charge >= 0.3 is 0 Å². The fourth-order valence-corrected chi connectivity index (χ4v) is 1.95. The van der Waals surface area contributed by atoms with Gasteiger partial charge < -0.3 is 14.5 Å². The Hall–Kier alpha value is -1.81. The van der Waals surface area contributed by atoms with Crippen LogP contribution in [0.25, 0.3) is 21.9 Å². The molecule has 3 rings (SSSR count). The molecule has 0 radical (unpaired) electrons. The quantitative estimate of drug-likeness (QED) is 0.568. The highest BCUT2D eigenvalue weighted by atomic mass is 32.1. The molecule has 2 aromatic carbocycles. The number of aromatic nitrogens is 1. The number of phenols is 1. The summed E-state index contributed by atoms with van der Waals surface area (Å²) in [5.41, 5.74) is 1.41. The minimum Gasteiger partial charge on any atom is -0.507 e. The average Bonchev–Trinajstić information content (AvgIpc) is 2.59. The second kappa shape index (κ2) is 2.84. The average molecular weight is 217 g/mol. The van der Waals surface area contributed by atoms with Gasteiger partial charge in [0, 0.05) is 16.8 Å². The first-order valence-corrected chi connectivity index (χ1v) is 4.90. The molecule has 0 saturated carbocycles. The second-order valence-corrected chi connectivity index (χ2v) is 3.70. The number of nitrogens with one attached hydrogen (secondary N) is 1. The minimum atomic E-state index is 0.227. The molecule has 4 heteroatoms. The van der Waals surface area contributed by atoms with Gasteiger partial charge in [-0.05, 0) is 12.2 Å².